The van der Waals surface area contributed by atoms with Gasteiger partial charge in [-0.1, -0.05) is 13.8 Å². The smallest absolute Gasteiger partial charge is 0.233 e. The van der Waals surface area contributed by atoms with Crippen LogP contribution in [0, 0.1) is 0 Å². The summed E-state index contributed by atoms with van der Waals surface area (Å²) in [6.45, 7) is 8.31. The van der Waals surface area contributed by atoms with E-state index in [1.54, 1.807) is 6.07 Å². The lowest BCUT2D eigenvalue weighted by molar-refractivity contribution is 0.216. The lowest BCUT2D eigenvalue weighted by atomic mass is 10.4. The van der Waals surface area contributed by atoms with Crippen molar-refractivity contribution in [2.75, 3.05) is 26.2 Å². The summed E-state index contributed by atoms with van der Waals surface area (Å²) in [4.78, 5) is 2.29. The first-order valence-electron chi connectivity index (χ1n) is 5.68. The van der Waals surface area contributed by atoms with E-state index < -0.39 is 0 Å². The molecular formula is C11H20N4O. The van der Waals surface area contributed by atoms with E-state index in [0.29, 0.717) is 19.0 Å². The van der Waals surface area contributed by atoms with Crippen LogP contribution in [0.2, 0.25) is 0 Å². The van der Waals surface area contributed by atoms with E-state index >= 15 is 0 Å². The topological polar surface area (TPSA) is 64.3 Å². The lowest BCUT2D eigenvalue weighted by Gasteiger charge is -2.17. The highest BCUT2D eigenvalue weighted by Gasteiger charge is 2.00. The van der Waals surface area contributed by atoms with Crippen molar-refractivity contribution < 1.29 is 4.74 Å². The molecule has 0 spiro atoms. The van der Waals surface area contributed by atoms with E-state index in [0.717, 1.165) is 25.3 Å². The van der Waals surface area contributed by atoms with Crippen molar-refractivity contribution in [3.63, 3.8) is 0 Å². The summed E-state index contributed by atoms with van der Waals surface area (Å²) in [5.41, 5.74) is 6.20. The first kappa shape index (κ1) is 12.9. The van der Waals surface area contributed by atoms with Gasteiger partial charge in [0.2, 0.25) is 5.88 Å². The maximum atomic E-state index is 5.48. The largest absolute Gasteiger partial charge is 0.475 e. The Morgan fingerprint density at radius 3 is 2.50 bits per heavy atom. The quantitative estimate of drug-likeness (QED) is 0.737. The van der Waals surface area contributed by atoms with Gasteiger partial charge in [-0.3, -0.25) is 0 Å². The molecule has 1 aromatic rings. The zero-order valence-corrected chi connectivity index (χ0v) is 10.0. The van der Waals surface area contributed by atoms with Gasteiger partial charge in [-0.05, 0) is 19.2 Å². The third kappa shape index (κ3) is 4.12. The maximum Gasteiger partial charge on any atom is 0.233 e. The predicted molar refractivity (Wildman–Crippen MR) is 63.2 cm³/mol. The van der Waals surface area contributed by atoms with E-state index in [-0.39, 0.29) is 0 Å². The molecule has 0 fully saturated rings. The highest BCUT2D eigenvalue weighted by Crippen LogP contribution is 2.04. The van der Waals surface area contributed by atoms with E-state index in [1.807, 2.05) is 6.07 Å². The summed E-state index contributed by atoms with van der Waals surface area (Å²) in [5, 5.41) is 7.85. The lowest BCUT2D eigenvalue weighted by Crippen LogP contribution is -2.28. The molecule has 0 radical (unpaired) electrons. The van der Waals surface area contributed by atoms with E-state index in [1.165, 1.54) is 0 Å². The SMILES string of the molecule is CCN(CC)CCOc1ccc(CN)nn1. The van der Waals surface area contributed by atoms with Crippen LogP contribution in [0.1, 0.15) is 19.5 Å². The number of nitrogens with two attached hydrogens (primary N) is 1. The van der Waals surface area contributed by atoms with Crippen LogP contribution in [0.5, 0.6) is 5.88 Å². The minimum absolute atomic E-state index is 0.409. The van der Waals surface area contributed by atoms with Gasteiger partial charge in [0.1, 0.15) is 6.61 Å². The molecule has 5 heteroatoms. The fourth-order valence-electron chi connectivity index (χ4n) is 1.35. The fraction of sp³-hybridized carbons (Fsp3) is 0.636. The van der Waals surface area contributed by atoms with Crippen molar-refractivity contribution in [2.45, 2.75) is 20.4 Å². The monoisotopic (exact) mass is 224 g/mol. The average Bonchev–Trinajstić information content (AvgIpc) is 2.35. The second kappa shape index (κ2) is 7.14. The molecule has 0 aromatic carbocycles. The standard InChI is InChI=1S/C11H20N4O/c1-3-15(4-2)7-8-16-11-6-5-10(9-12)13-14-11/h5-6H,3-4,7-9,12H2,1-2H3. The number of nitrogens with zero attached hydrogens (tertiary/aromatic N) is 3. The van der Waals surface area contributed by atoms with Crippen molar-refractivity contribution in [3.8, 4) is 5.88 Å². The number of hydrogen-bond donors (Lipinski definition) is 1. The molecule has 2 N–H and O–H groups in total. The second-order valence-corrected chi connectivity index (χ2v) is 3.44. The Kier molecular flexibility index (Phi) is 5.74. The van der Waals surface area contributed by atoms with Gasteiger partial charge in [0.15, 0.2) is 0 Å². The summed E-state index contributed by atoms with van der Waals surface area (Å²) >= 11 is 0. The molecule has 16 heavy (non-hydrogen) atoms. The van der Waals surface area contributed by atoms with Gasteiger partial charge in [0.05, 0.1) is 5.69 Å². The molecule has 90 valence electrons. The molecule has 0 aliphatic carbocycles. The summed E-state index contributed by atoms with van der Waals surface area (Å²) in [6.07, 6.45) is 0. The third-order valence-corrected chi connectivity index (χ3v) is 2.46. The van der Waals surface area contributed by atoms with Crippen LogP contribution in [-0.2, 0) is 6.54 Å². The number of rotatable bonds is 7. The minimum atomic E-state index is 0.409. The first-order valence-corrected chi connectivity index (χ1v) is 5.68. The van der Waals surface area contributed by atoms with Crippen LogP contribution < -0.4 is 10.5 Å². The molecule has 0 aliphatic rings. The molecule has 0 atom stereocenters. The van der Waals surface area contributed by atoms with Gasteiger partial charge in [-0.15, -0.1) is 5.10 Å². The Balaban J connectivity index is 2.31. The van der Waals surface area contributed by atoms with Gasteiger partial charge < -0.3 is 15.4 Å². The minimum Gasteiger partial charge on any atom is -0.475 e. The Morgan fingerprint density at radius 1 is 1.25 bits per heavy atom. The van der Waals surface area contributed by atoms with Crippen LogP contribution in [0.3, 0.4) is 0 Å². The van der Waals surface area contributed by atoms with Crippen molar-refractivity contribution in [3.05, 3.63) is 17.8 Å². The van der Waals surface area contributed by atoms with Gasteiger partial charge in [-0.25, -0.2) is 0 Å². The Hall–Kier alpha value is -1.20. The van der Waals surface area contributed by atoms with Crippen molar-refractivity contribution in [1.82, 2.24) is 15.1 Å². The van der Waals surface area contributed by atoms with Gasteiger partial charge in [0.25, 0.3) is 0 Å². The van der Waals surface area contributed by atoms with Crippen LogP contribution in [0.4, 0.5) is 0 Å². The van der Waals surface area contributed by atoms with Crippen molar-refractivity contribution >= 4 is 0 Å². The highest BCUT2D eigenvalue weighted by atomic mass is 16.5. The molecule has 1 heterocycles. The number of likely N-dealkylation sites (N-methyl/N-ethyl adjacent to an activating group) is 1. The number of aromatic nitrogens is 2. The Morgan fingerprint density at radius 2 is 2.00 bits per heavy atom. The molecule has 0 bridgehead atoms. The van der Waals surface area contributed by atoms with Gasteiger partial charge in [0, 0.05) is 19.2 Å². The molecule has 0 amide bonds. The molecular weight excluding hydrogens is 204 g/mol. The van der Waals surface area contributed by atoms with E-state index in [4.69, 9.17) is 10.5 Å². The highest BCUT2D eigenvalue weighted by molar-refractivity contribution is 5.11. The summed E-state index contributed by atoms with van der Waals surface area (Å²) in [6, 6.07) is 3.64. The molecule has 1 aromatic heterocycles. The van der Waals surface area contributed by atoms with Crippen LogP contribution >= 0.6 is 0 Å². The number of hydrogen-bond acceptors (Lipinski definition) is 5. The molecule has 0 aliphatic heterocycles. The zero-order chi connectivity index (χ0) is 11.8. The normalized spacial score (nSPS) is 10.8. The third-order valence-electron chi connectivity index (χ3n) is 2.46. The van der Waals surface area contributed by atoms with Crippen molar-refractivity contribution in [1.29, 1.82) is 0 Å². The summed E-state index contributed by atoms with van der Waals surface area (Å²) < 4.78 is 5.48. The van der Waals surface area contributed by atoms with Gasteiger partial charge >= 0.3 is 0 Å². The van der Waals surface area contributed by atoms with Crippen molar-refractivity contribution in [2.24, 2.45) is 5.73 Å². The van der Waals surface area contributed by atoms with Crippen LogP contribution in [0.15, 0.2) is 12.1 Å². The molecule has 0 unspecified atom stereocenters. The summed E-state index contributed by atoms with van der Waals surface area (Å²) in [5.74, 6) is 0.560. The van der Waals surface area contributed by atoms with E-state index in [2.05, 4.69) is 28.9 Å². The Bertz CT molecular complexity index is 285. The molecule has 1 rings (SSSR count). The van der Waals surface area contributed by atoms with Gasteiger partial charge in [-0.2, -0.15) is 5.10 Å². The molecule has 5 nitrogen and oxygen atoms in total. The fourth-order valence-corrected chi connectivity index (χ4v) is 1.35. The first-order chi connectivity index (χ1) is 7.80. The predicted octanol–water partition coefficient (Wildman–Crippen LogP) is 0.656. The van der Waals surface area contributed by atoms with Crippen LogP contribution in [0.25, 0.3) is 0 Å². The molecule has 0 saturated carbocycles. The zero-order valence-electron chi connectivity index (χ0n) is 10.0. The second-order valence-electron chi connectivity index (χ2n) is 3.44. The van der Waals surface area contributed by atoms with Crippen LogP contribution in [-0.4, -0.2) is 41.3 Å². The average molecular weight is 224 g/mol. The molecule has 0 saturated heterocycles. The summed E-state index contributed by atoms with van der Waals surface area (Å²) in [7, 11) is 0. The van der Waals surface area contributed by atoms with E-state index in [9.17, 15) is 0 Å². The Labute approximate surface area is 96.6 Å². The maximum absolute atomic E-state index is 5.48. The number of ether oxygens (including phenoxy) is 1.